The number of ether oxygens (including phenoxy) is 1. The van der Waals surface area contributed by atoms with Gasteiger partial charge in [0, 0.05) is 0 Å². The van der Waals surface area contributed by atoms with Crippen LogP contribution >= 0.6 is 0 Å². The Hall–Kier alpha value is -1.57. The average molecular weight is 204 g/mol. The molecule has 0 spiro atoms. The van der Waals surface area contributed by atoms with Gasteiger partial charge in [-0.25, -0.2) is 4.79 Å². The molecular formula is C13H16O2. The van der Waals surface area contributed by atoms with Crippen molar-refractivity contribution in [2.45, 2.75) is 20.3 Å². The molecule has 15 heavy (non-hydrogen) atoms. The van der Waals surface area contributed by atoms with Gasteiger partial charge in [0.25, 0.3) is 0 Å². The monoisotopic (exact) mass is 204 g/mol. The highest BCUT2D eigenvalue weighted by molar-refractivity contribution is 6.16. The Bertz CT molecular complexity index is 339. The Morgan fingerprint density at radius 3 is 2.47 bits per heavy atom. The van der Waals surface area contributed by atoms with Crippen LogP contribution in [0.2, 0.25) is 0 Å². The van der Waals surface area contributed by atoms with Gasteiger partial charge in [-0.05, 0) is 18.9 Å². The van der Waals surface area contributed by atoms with Crippen LogP contribution in [-0.2, 0) is 9.53 Å². The fourth-order valence-electron chi connectivity index (χ4n) is 1.35. The summed E-state index contributed by atoms with van der Waals surface area (Å²) in [5.74, 6) is -0.245. The number of rotatable bonds is 4. The second-order valence-electron chi connectivity index (χ2n) is 3.11. The van der Waals surface area contributed by atoms with Gasteiger partial charge in [0.1, 0.15) is 0 Å². The van der Waals surface area contributed by atoms with E-state index < -0.39 is 0 Å². The van der Waals surface area contributed by atoms with Crippen LogP contribution in [0.3, 0.4) is 0 Å². The fraction of sp³-hybridized carbons (Fsp3) is 0.308. The maximum Gasteiger partial charge on any atom is 0.338 e. The molecule has 0 fully saturated rings. The molecule has 2 nitrogen and oxygen atoms in total. The summed E-state index contributed by atoms with van der Waals surface area (Å²) in [6.07, 6.45) is 2.72. The molecule has 0 bridgehead atoms. The minimum atomic E-state index is -0.245. The number of esters is 1. The van der Waals surface area contributed by atoms with E-state index in [1.165, 1.54) is 0 Å². The largest absolute Gasteiger partial charge is 0.462 e. The molecule has 0 saturated carbocycles. The Labute approximate surface area is 90.6 Å². The van der Waals surface area contributed by atoms with Crippen molar-refractivity contribution in [3.8, 4) is 0 Å². The van der Waals surface area contributed by atoms with Crippen molar-refractivity contribution in [2.75, 3.05) is 6.61 Å². The third-order valence-corrected chi connectivity index (χ3v) is 1.99. The summed E-state index contributed by atoms with van der Waals surface area (Å²) in [6, 6.07) is 9.59. The van der Waals surface area contributed by atoms with Crippen molar-refractivity contribution < 1.29 is 9.53 Å². The summed E-state index contributed by atoms with van der Waals surface area (Å²) in [6.45, 7) is 4.22. The molecule has 0 saturated heterocycles. The number of hydrogen-bond donors (Lipinski definition) is 0. The van der Waals surface area contributed by atoms with E-state index in [4.69, 9.17) is 4.74 Å². The van der Waals surface area contributed by atoms with Crippen molar-refractivity contribution in [3.63, 3.8) is 0 Å². The Morgan fingerprint density at radius 2 is 1.93 bits per heavy atom. The van der Waals surface area contributed by atoms with Gasteiger partial charge in [-0.15, -0.1) is 0 Å². The van der Waals surface area contributed by atoms with E-state index in [-0.39, 0.29) is 5.97 Å². The predicted octanol–water partition coefficient (Wildman–Crippen LogP) is 3.04. The highest BCUT2D eigenvalue weighted by Gasteiger charge is 2.11. The number of allylic oxidation sites excluding steroid dienone is 1. The second kappa shape index (κ2) is 6.02. The first-order valence-corrected chi connectivity index (χ1v) is 5.22. The van der Waals surface area contributed by atoms with Crippen molar-refractivity contribution in [3.05, 3.63) is 42.0 Å². The summed E-state index contributed by atoms with van der Waals surface area (Å²) in [5.41, 5.74) is 1.57. The summed E-state index contributed by atoms with van der Waals surface area (Å²) < 4.78 is 5.00. The van der Waals surface area contributed by atoms with Gasteiger partial charge in [0.05, 0.1) is 12.2 Å². The van der Waals surface area contributed by atoms with E-state index in [9.17, 15) is 4.79 Å². The molecule has 0 aromatic heterocycles. The first-order valence-electron chi connectivity index (χ1n) is 5.22. The van der Waals surface area contributed by atoms with Crippen molar-refractivity contribution in [1.82, 2.24) is 0 Å². The lowest BCUT2D eigenvalue weighted by atomic mass is 10.1. The van der Waals surface area contributed by atoms with Crippen LogP contribution in [0.5, 0.6) is 0 Å². The lowest BCUT2D eigenvalue weighted by Crippen LogP contribution is -2.06. The molecule has 0 unspecified atom stereocenters. The molecule has 0 N–H and O–H groups in total. The zero-order chi connectivity index (χ0) is 11.1. The molecule has 0 heterocycles. The fourth-order valence-corrected chi connectivity index (χ4v) is 1.35. The van der Waals surface area contributed by atoms with E-state index in [1.807, 2.05) is 50.3 Å². The van der Waals surface area contributed by atoms with Gasteiger partial charge in [-0.2, -0.15) is 0 Å². The predicted molar refractivity (Wildman–Crippen MR) is 61.3 cm³/mol. The van der Waals surface area contributed by atoms with Crippen LogP contribution in [0.15, 0.2) is 36.4 Å². The van der Waals surface area contributed by atoms with Gasteiger partial charge < -0.3 is 4.74 Å². The first kappa shape index (κ1) is 11.5. The molecule has 0 aliphatic heterocycles. The maximum atomic E-state index is 11.6. The Kier molecular flexibility index (Phi) is 4.61. The van der Waals surface area contributed by atoms with Crippen LogP contribution < -0.4 is 0 Å². The van der Waals surface area contributed by atoms with Gasteiger partial charge in [0.2, 0.25) is 0 Å². The zero-order valence-electron chi connectivity index (χ0n) is 9.19. The SMILES string of the molecule is CC/C=C(/C(=O)OCC)c1ccccc1. The van der Waals surface area contributed by atoms with Crippen LogP contribution in [0, 0.1) is 0 Å². The molecule has 80 valence electrons. The van der Waals surface area contributed by atoms with Crippen LogP contribution in [-0.4, -0.2) is 12.6 Å². The van der Waals surface area contributed by atoms with E-state index in [0.29, 0.717) is 12.2 Å². The lowest BCUT2D eigenvalue weighted by Gasteiger charge is -2.06. The maximum absolute atomic E-state index is 11.6. The molecule has 0 atom stereocenters. The molecular weight excluding hydrogens is 188 g/mol. The highest BCUT2D eigenvalue weighted by Crippen LogP contribution is 2.16. The molecule has 0 radical (unpaired) electrons. The van der Waals surface area contributed by atoms with Crippen molar-refractivity contribution >= 4 is 11.5 Å². The van der Waals surface area contributed by atoms with E-state index >= 15 is 0 Å². The van der Waals surface area contributed by atoms with Gasteiger partial charge in [-0.3, -0.25) is 0 Å². The number of carbonyl (C=O) groups is 1. The van der Waals surface area contributed by atoms with E-state index in [2.05, 4.69) is 0 Å². The highest BCUT2D eigenvalue weighted by atomic mass is 16.5. The second-order valence-corrected chi connectivity index (χ2v) is 3.11. The van der Waals surface area contributed by atoms with Gasteiger partial charge in [0.15, 0.2) is 0 Å². The number of hydrogen-bond acceptors (Lipinski definition) is 2. The summed E-state index contributed by atoms with van der Waals surface area (Å²) in [5, 5.41) is 0. The minimum Gasteiger partial charge on any atom is -0.462 e. The van der Waals surface area contributed by atoms with Crippen LogP contribution in [0.25, 0.3) is 5.57 Å². The van der Waals surface area contributed by atoms with Gasteiger partial charge >= 0.3 is 5.97 Å². The summed E-state index contributed by atoms with van der Waals surface area (Å²) in [4.78, 5) is 11.6. The molecule has 0 amide bonds. The van der Waals surface area contributed by atoms with Crippen molar-refractivity contribution in [2.24, 2.45) is 0 Å². The quantitative estimate of drug-likeness (QED) is 0.556. The van der Waals surface area contributed by atoms with Crippen LogP contribution in [0.4, 0.5) is 0 Å². The van der Waals surface area contributed by atoms with E-state index in [0.717, 1.165) is 12.0 Å². The smallest absolute Gasteiger partial charge is 0.338 e. The lowest BCUT2D eigenvalue weighted by molar-refractivity contribution is -0.136. The van der Waals surface area contributed by atoms with E-state index in [1.54, 1.807) is 0 Å². The third kappa shape index (κ3) is 3.24. The third-order valence-electron chi connectivity index (χ3n) is 1.99. The zero-order valence-corrected chi connectivity index (χ0v) is 9.19. The molecule has 1 aromatic carbocycles. The molecule has 1 rings (SSSR count). The normalized spacial score (nSPS) is 11.2. The summed E-state index contributed by atoms with van der Waals surface area (Å²) in [7, 11) is 0. The van der Waals surface area contributed by atoms with Crippen LogP contribution in [0.1, 0.15) is 25.8 Å². The molecule has 2 heteroatoms. The Morgan fingerprint density at radius 1 is 1.27 bits per heavy atom. The molecule has 0 aliphatic rings. The van der Waals surface area contributed by atoms with Gasteiger partial charge in [-0.1, -0.05) is 43.3 Å². The van der Waals surface area contributed by atoms with Crippen molar-refractivity contribution in [1.29, 1.82) is 0 Å². The minimum absolute atomic E-state index is 0.245. The number of benzene rings is 1. The first-order chi connectivity index (χ1) is 7.29. The Balaban J connectivity index is 2.94. The molecule has 0 aliphatic carbocycles. The molecule has 1 aromatic rings. The summed E-state index contributed by atoms with van der Waals surface area (Å²) >= 11 is 0. The number of carbonyl (C=O) groups excluding carboxylic acids is 1. The standard InChI is InChI=1S/C13H16O2/c1-3-8-12(13(14)15-4-2)11-9-6-5-7-10-11/h5-10H,3-4H2,1-2H3/b12-8+. The average Bonchev–Trinajstić information content (AvgIpc) is 2.27. The topological polar surface area (TPSA) is 26.3 Å².